The van der Waals surface area contributed by atoms with Gasteiger partial charge in [0.1, 0.15) is 11.6 Å². The van der Waals surface area contributed by atoms with Crippen LogP contribution in [0.1, 0.15) is 29.8 Å². The number of nitrogens with one attached hydrogen (secondary N) is 1. The van der Waals surface area contributed by atoms with Gasteiger partial charge in [-0.3, -0.25) is 0 Å². The number of nitrogens with zero attached hydrogens (tertiary/aromatic N) is 2. The number of methoxy groups -OCH3 is 1. The average Bonchev–Trinajstić information content (AvgIpc) is 3.07. The van der Waals surface area contributed by atoms with Gasteiger partial charge in [-0.2, -0.15) is 0 Å². The second kappa shape index (κ2) is 6.36. The number of imidazole rings is 1. The highest BCUT2D eigenvalue weighted by molar-refractivity contribution is 5.37. The zero-order valence-electron chi connectivity index (χ0n) is 13.8. The molecule has 0 spiro atoms. The minimum absolute atomic E-state index is 0.596. The van der Waals surface area contributed by atoms with Crippen LogP contribution in [-0.2, 0) is 25.8 Å². The third-order valence-corrected chi connectivity index (χ3v) is 5.37. The fourth-order valence-electron chi connectivity index (χ4n) is 3.97. The SMILES string of the molecule is COc1ccc2c(c1)C[C@H](NC[C@@H]1CCc3nccn3C1)CC2. The van der Waals surface area contributed by atoms with Crippen LogP contribution >= 0.6 is 0 Å². The second-order valence-corrected chi connectivity index (χ2v) is 6.88. The van der Waals surface area contributed by atoms with Crippen molar-refractivity contribution in [3.8, 4) is 5.75 Å². The van der Waals surface area contributed by atoms with Gasteiger partial charge in [-0.1, -0.05) is 6.07 Å². The molecule has 1 aromatic heterocycles. The van der Waals surface area contributed by atoms with Crippen LogP contribution in [0, 0.1) is 5.92 Å². The topological polar surface area (TPSA) is 39.1 Å². The van der Waals surface area contributed by atoms with Crippen LogP contribution in [0.5, 0.6) is 5.75 Å². The van der Waals surface area contributed by atoms with E-state index in [0.29, 0.717) is 6.04 Å². The smallest absolute Gasteiger partial charge is 0.119 e. The summed E-state index contributed by atoms with van der Waals surface area (Å²) in [7, 11) is 1.74. The summed E-state index contributed by atoms with van der Waals surface area (Å²) >= 11 is 0. The van der Waals surface area contributed by atoms with Crippen LogP contribution in [-0.4, -0.2) is 29.2 Å². The highest BCUT2D eigenvalue weighted by Gasteiger charge is 2.22. The van der Waals surface area contributed by atoms with E-state index in [4.69, 9.17) is 4.74 Å². The summed E-state index contributed by atoms with van der Waals surface area (Å²) in [6, 6.07) is 7.11. The molecule has 1 N–H and O–H groups in total. The standard InChI is InChI=1S/C19H25N3O/c1-23-18-6-4-15-3-5-17(10-16(15)11-18)21-12-14-2-7-19-20-8-9-22(19)13-14/h4,6,8-9,11,14,17,21H,2-3,5,7,10,12-13H2,1H3/t14-,17+/m0/s1. The Morgan fingerprint density at radius 2 is 2.22 bits per heavy atom. The summed E-state index contributed by atoms with van der Waals surface area (Å²) in [6.07, 6.45) is 9.94. The molecular weight excluding hydrogens is 286 g/mol. The van der Waals surface area contributed by atoms with Crippen molar-refractivity contribution < 1.29 is 4.74 Å². The van der Waals surface area contributed by atoms with Crippen LogP contribution in [0.3, 0.4) is 0 Å². The summed E-state index contributed by atoms with van der Waals surface area (Å²) in [5.41, 5.74) is 2.94. The van der Waals surface area contributed by atoms with Crippen molar-refractivity contribution in [3.05, 3.63) is 47.5 Å². The maximum absolute atomic E-state index is 5.37. The molecule has 4 heteroatoms. The molecular formula is C19H25N3O. The predicted octanol–water partition coefficient (Wildman–Crippen LogP) is 2.60. The lowest BCUT2D eigenvalue weighted by Crippen LogP contribution is -2.39. The van der Waals surface area contributed by atoms with E-state index in [1.54, 1.807) is 7.11 Å². The van der Waals surface area contributed by atoms with Crippen molar-refractivity contribution >= 4 is 0 Å². The number of hydrogen-bond donors (Lipinski definition) is 1. The quantitative estimate of drug-likeness (QED) is 0.943. The number of aryl methyl sites for hydroxylation is 2. The molecule has 1 aliphatic carbocycles. The Bertz CT molecular complexity index is 679. The molecule has 0 radical (unpaired) electrons. The molecule has 0 amide bonds. The molecule has 0 saturated carbocycles. The molecule has 2 aromatic rings. The van der Waals surface area contributed by atoms with Gasteiger partial charge in [0.05, 0.1) is 7.11 Å². The number of benzene rings is 1. The second-order valence-electron chi connectivity index (χ2n) is 6.88. The predicted molar refractivity (Wildman–Crippen MR) is 90.8 cm³/mol. The van der Waals surface area contributed by atoms with Crippen molar-refractivity contribution in [1.29, 1.82) is 0 Å². The van der Waals surface area contributed by atoms with Crippen molar-refractivity contribution in [1.82, 2.24) is 14.9 Å². The van der Waals surface area contributed by atoms with Crippen molar-refractivity contribution in [2.75, 3.05) is 13.7 Å². The lowest BCUT2D eigenvalue weighted by molar-refractivity contribution is 0.322. The first-order chi connectivity index (χ1) is 11.3. The van der Waals surface area contributed by atoms with Crippen molar-refractivity contribution in [2.45, 2.75) is 44.7 Å². The van der Waals surface area contributed by atoms with Crippen LogP contribution in [0.25, 0.3) is 0 Å². The molecule has 4 nitrogen and oxygen atoms in total. The van der Waals surface area contributed by atoms with Gasteiger partial charge in [0.25, 0.3) is 0 Å². The maximum Gasteiger partial charge on any atom is 0.119 e. The molecule has 1 aromatic carbocycles. The molecule has 2 atom stereocenters. The minimum Gasteiger partial charge on any atom is -0.497 e. The Morgan fingerprint density at radius 1 is 1.26 bits per heavy atom. The summed E-state index contributed by atoms with van der Waals surface area (Å²) in [4.78, 5) is 4.41. The minimum atomic E-state index is 0.596. The number of hydrogen-bond acceptors (Lipinski definition) is 3. The lowest BCUT2D eigenvalue weighted by atomic mass is 9.87. The fraction of sp³-hybridized carbons (Fsp3) is 0.526. The first-order valence-electron chi connectivity index (χ1n) is 8.71. The van der Waals surface area contributed by atoms with Gasteiger partial charge in [-0.25, -0.2) is 4.98 Å². The van der Waals surface area contributed by atoms with Crippen LogP contribution in [0.2, 0.25) is 0 Å². The number of ether oxygens (including phenoxy) is 1. The number of rotatable bonds is 4. The van der Waals surface area contributed by atoms with Crippen LogP contribution in [0.15, 0.2) is 30.6 Å². The van der Waals surface area contributed by atoms with E-state index in [9.17, 15) is 0 Å². The molecule has 0 fully saturated rings. The van der Waals surface area contributed by atoms with E-state index in [-0.39, 0.29) is 0 Å². The van der Waals surface area contributed by atoms with Crippen LogP contribution < -0.4 is 10.1 Å². The van der Waals surface area contributed by atoms with Gasteiger partial charge in [0, 0.05) is 31.4 Å². The highest BCUT2D eigenvalue weighted by Crippen LogP contribution is 2.26. The molecule has 2 aliphatic rings. The molecule has 122 valence electrons. The number of fused-ring (bicyclic) bond motifs is 2. The molecule has 0 saturated heterocycles. The Kier molecular flexibility index (Phi) is 4.08. The first-order valence-corrected chi connectivity index (χ1v) is 8.71. The third kappa shape index (κ3) is 3.13. The van der Waals surface area contributed by atoms with Gasteiger partial charge >= 0.3 is 0 Å². The number of aromatic nitrogens is 2. The van der Waals surface area contributed by atoms with E-state index >= 15 is 0 Å². The average molecular weight is 311 g/mol. The van der Waals surface area contributed by atoms with E-state index in [0.717, 1.165) is 37.6 Å². The Hall–Kier alpha value is -1.81. The molecule has 2 heterocycles. The normalized spacial score (nSPS) is 23.2. The summed E-state index contributed by atoms with van der Waals surface area (Å²) in [6.45, 7) is 2.22. The largest absolute Gasteiger partial charge is 0.497 e. The zero-order chi connectivity index (χ0) is 15.6. The molecule has 0 bridgehead atoms. The molecule has 4 rings (SSSR count). The summed E-state index contributed by atoms with van der Waals surface area (Å²) < 4.78 is 7.68. The van der Waals surface area contributed by atoms with Gasteiger partial charge in [0.15, 0.2) is 0 Å². The summed E-state index contributed by atoms with van der Waals surface area (Å²) in [5, 5.41) is 3.82. The maximum atomic E-state index is 5.37. The Balaban J connectivity index is 1.34. The van der Waals surface area contributed by atoms with Gasteiger partial charge in [-0.05, 0) is 61.4 Å². The van der Waals surface area contributed by atoms with Crippen LogP contribution in [0.4, 0.5) is 0 Å². The molecule has 1 aliphatic heterocycles. The molecule has 0 unspecified atom stereocenters. The molecule has 23 heavy (non-hydrogen) atoms. The highest BCUT2D eigenvalue weighted by atomic mass is 16.5. The monoisotopic (exact) mass is 311 g/mol. The zero-order valence-corrected chi connectivity index (χ0v) is 13.8. The van der Waals surface area contributed by atoms with E-state index in [1.807, 2.05) is 6.20 Å². The van der Waals surface area contributed by atoms with E-state index in [2.05, 4.69) is 39.3 Å². The third-order valence-electron chi connectivity index (χ3n) is 5.37. The van der Waals surface area contributed by atoms with Gasteiger partial charge < -0.3 is 14.6 Å². The first kappa shape index (κ1) is 14.8. The summed E-state index contributed by atoms with van der Waals surface area (Å²) in [5.74, 6) is 2.95. The van der Waals surface area contributed by atoms with Crippen molar-refractivity contribution in [2.24, 2.45) is 5.92 Å². The van der Waals surface area contributed by atoms with E-state index in [1.165, 1.54) is 36.2 Å². The Morgan fingerprint density at radius 3 is 3.13 bits per heavy atom. The van der Waals surface area contributed by atoms with E-state index < -0.39 is 0 Å². The fourth-order valence-corrected chi connectivity index (χ4v) is 3.97. The lowest BCUT2D eigenvalue weighted by Gasteiger charge is -2.29. The van der Waals surface area contributed by atoms with Crippen molar-refractivity contribution in [3.63, 3.8) is 0 Å². The van der Waals surface area contributed by atoms with Gasteiger partial charge in [0.2, 0.25) is 0 Å². The van der Waals surface area contributed by atoms with Gasteiger partial charge in [-0.15, -0.1) is 0 Å². The Labute approximate surface area is 137 Å².